The van der Waals surface area contributed by atoms with Gasteiger partial charge in [0, 0.05) is 38.1 Å². The highest BCUT2D eigenvalue weighted by Crippen LogP contribution is 2.21. The lowest BCUT2D eigenvalue weighted by Gasteiger charge is -2.39. The highest BCUT2D eigenvalue weighted by atomic mass is 16.2. The number of piperidine rings is 1. The molecule has 104 valence electrons. The minimum Gasteiger partial charge on any atom is -0.343 e. The first-order valence-corrected chi connectivity index (χ1v) is 7.27. The smallest absolute Gasteiger partial charge is 0.224 e. The van der Waals surface area contributed by atoms with Crippen LogP contribution in [-0.4, -0.2) is 61.0 Å². The number of carbonyl (C=O) groups is 1. The van der Waals surface area contributed by atoms with E-state index < -0.39 is 0 Å². The summed E-state index contributed by atoms with van der Waals surface area (Å²) in [5.41, 5.74) is 0. The van der Waals surface area contributed by atoms with Crippen molar-refractivity contribution in [3.63, 3.8) is 0 Å². The van der Waals surface area contributed by atoms with Crippen molar-refractivity contribution in [2.45, 2.75) is 57.2 Å². The quantitative estimate of drug-likeness (QED) is 0.817. The van der Waals surface area contributed by atoms with Gasteiger partial charge in [-0.05, 0) is 46.2 Å². The fourth-order valence-corrected chi connectivity index (χ4v) is 3.11. The second-order valence-corrected chi connectivity index (χ2v) is 6.01. The summed E-state index contributed by atoms with van der Waals surface area (Å²) in [7, 11) is 4.16. The fraction of sp³-hybridized carbons (Fsp3) is 0.929. The van der Waals surface area contributed by atoms with Gasteiger partial charge in [0.25, 0.3) is 0 Å². The summed E-state index contributed by atoms with van der Waals surface area (Å²) >= 11 is 0. The van der Waals surface area contributed by atoms with E-state index >= 15 is 0 Å². The van der Waals surface area contributed by atoms with Crippen molar-refractivity contribution in [3.05, 3.63) is 0 Å². The van der Waals surface area contributed by atoms with Gasteiger partial charge >= 0.3 is 0 Å². The first kappa shape index (κ1) is 13.8. The van der Waals surface area contributed by atoms with E-state index in [0.29, 0.717) is 30.5 Å². The molecule has 2 aliphatic rings. The fourth-order valence-electron chi connectivity index (χ4n) is 3.11. The Hall–Kier alpha value is -0.610. The van der Waals surface area contributed by atoms with Crippen LogP contribution in [0.3, 0.4) is 0 Å². The average Bonchev–Trinajstić information content (AvgIpc) is 2.84. The molecule has 0 aromatic rings. The van der Waals surface area contributed by atoms with Gasteiger partial charge in [-0.2, -0.15) is 0 Å². The maximum atomic E-state index is 12.3. The van der Waals surface area contributed by atoms with E-state index in [1.54, 1.807) is 0 Å². The van der Waals surface area contributed by atoms with Crippen LogP contribution in [0.4, 0.5) is 0 Å². The van der Waals surface area contributed by atoms with Crippen LogP contribution in [-0.2, 0) is 4.79 Å². The summed E-state index contributed by atoms with van der Waals surface area (Å²) in [4.78, 5) is 16.6. The second kappa shape index (κ2) is 6.02. The van der Waals surface area contributed by atoms with E-state index in [1.807, 2.05) is 11.9 Å². The molecule has 0 spiro atoms. The maximum Gasteiger partial charge on any atom is 0.224 e. The Morgan fingerprint density at radius 3 is 2.83 bits per heavy atom. The minimum atomic E-state index is 0.316. The second-order valence-electron chi connectivity index (χ2n) is 6.01. The molecule has 4 nitrogen and oxygen atoms in total. The Bertz CT molecular complexity index is 289. The number of carbonyl (C=O) groups excluding carboxylic acids is 1. The molecule has 0 bridgehead atoms. The van der Waals surface area contributed by atoms with Crippen molar-refractivity contribution < 1.29 is 4.79 Å². The zero-order chi connectivity index (χ0) is 13.1. The average molecular weight is 253 g/mol. The Kier molecular flexibility index (Phi) is 4.62. The summed E-state index contributed by atoms with van der Waals surface area (Å²) in [6.45, 7) is 4.43. The van der Waals surface area contributed by atoms with Gasteiger partial charge in [0.1, 0.15) is 0 Å². The van der Waals surface area contributed by atoms with Crippen LogP contribution < -0.4 is 5.32 Å². The predicted octanol–water partition coefficient (Wildman–Crippen LogP) is 1.07. The number of hydrogen-bond donors (Lipinski definition) is 1. The van der Waals surface area contributed by atoms with Crippen molar-refractivity contribution in [2.75, 3.05) is 27.2 Å². The summed E-state index contributed by atoms with van der Waals surface area (Å²) in [6.07, 6.45) is 5.27. The number of hydrogen-bond acceptors (Lipinski definition) is 3. The van der Waals surface area contributed by atoms with Gasteiger partial charge in [0.05, 0.1) is 0 Å². The molecule has 0 aliphatic carbocycles. The molecule has 2 aliphatic heterocycles. The van der Waals surface area contributed by atoms with Gasteiger partial charge in [-0.3, -0.25) is 4.79 Å². The van der Waals surface area contributed by atoms with E-state index in [0.717, 1.165) is 32.4 Å². The number of amides is 1. The van der Waals surface area contributed by atoms with Crippen molar-refractivity contribution >= 4 is 5.91 Å². The van der Waals surface area contributed by atoms with E-state index in [9.17, 15) is 4.79 Å². The van der Waals surface area contributed by atoms with Gasteiger partial charge in [-0.1, -0.05) is 0 Å². The number of nitrogens with one attached hydrogen (secondary N) is 1. The van der Waals surface area contributed by atoms with E-state index in [1.165, 1.54) is 6.42 Å². The van der Waals surface area contributed by atoms with E-state index in [4.69, 9.17) is 0 Å². The highest BCUT2D eigenvalue weighted by molar-refractivity contribution is 5.77. The first-order valence-electron chi connectivity index (χ1n) is 7.27. The van der Waals surface area contributed by atoms with Crippen molar-refractivity contribution in [1.82, 2.24) is 15.1 Å². The highest BCUT2D eigenvalue weighted by Gasteiger charge is 2.29. The van der Waals surface area contributed by atoms with Gasteiger partial charge < -0.3 is 15.1 Å². The monoisotopic (exact) mass is 253 g/mol. The van der Waals surface area contributed by atoms with E-state index in [2.05, 4.69) is 24.2 Å². The summed E-state index contributed by atoms with van der Waals surface area (Å²) in [5.74, 6) is 0.316. The van der Waals surface area contributed by atoms with Crippen LogP contribution in [0, 0.1) is 0 Å². The van der Waals surface area contributed by atoms with Gasteiger partial charge in [-0.25, -0.2) is 0 Å². The Labute approximate surface area is 111 Å². The largest absolute Gasteiger partial charge is 0.343 e. The van der Waals surface area contributed by atoms with Crippen LogP contribution in [0.25, 0.3) is 0 Å². The SMILES string of the molecule is CC1CC(N(C)C(=O)CC2CCCN2)CCN1C. The predicted molar refractivity (Wildman–Crippen MR) is 73.5 cm³/mol. The zero-order valence-corrected chi connectivity index (χ0v) is 12.0. The topological polar surface area (TPSA) is 35.6 Å². The summed E-state index contributed by atoms with van der Waals surface area (Å²) in [6, 6.07) is 1.44. The lowest BCUT2D eigenvalue weighted by Crippen LogP contribution is -2.48. The molecule has 0 aromatic heterocycles. The molecule has 1 N–H and O–H groups in total. The number of rotatable bonds is 3. The summed E-state index contributed by atoms with van der Waals surface area (Å²) < 4.78 is 0. The molecule has 0 aromatic carbocycles. The molecule has 4 heteroatoms. The molecule has 0 radical (unpaired) electrons. The molecule has 1 amide bonds. The van der Waals surface area contributed by atoms with Crippen molar-refractivity contribution in [1.29, 1.82) is 0 Å². The third kappa shape index (κ3) is 3.23. The summed E-state index contributed by atoms with van der Waals surface area (Å²) in [5, 5.41) is 3.41. The number of nitrogens with zero attached hydrogens (tertiary/aromatic N) is 2. The van der Waals surface area contributed by atoms with Crippen LogP contribution in [0.1, 0.15) is 39.0 Å². The standard InChI is InChI=1S/C14H27N3O/c1-11-9-13(6-8-16(11)2)17(3)14(18)10-12-5-4-7-15-12/h11-13,15H,4-10H2,1-3H3. The Balaban J connectivity index is 1.82. The zero-order valence-electron chi connectivity index (χ0n) is 12.0. The van der Waals surface area contributed by atoms with Gasteiger partial charge in [0.15, 0.2) is 0 Å². The molecule has 0 saturated carbocycles. The Morgan fingerprint density at radius 2 is 2.22 bits per heavy atom. The Morgan fingerprint density at radius 1 is 1.44 bits per heavy atom. The molecular formula is C14H27N3O. The van der Waals surface area contributed by atoms with Gasteiger partial charge in [0.2, 0.25) is 5.91 Å². The normalized spacial score (nSPS) is 33.6. The van der Waals surface area contributed by atoms with Crippen molar-refractivity contribution in [3.8, 4) is 0 Å². The lowest BCUT2D eigenvalue weighted by molar-refractivity contribution is -0.133. The maximum absolute atomic E-state index is 12.3. The molecule has 2 rings (SSSR count). The third-order valence-corrected chi connectivity index (χ3v) is 4.71. The molecule has 2 saturated heterocycles. The molecule has 2 heterocycles. The number of likely N-dealkylation sites (tertiary alicyclic amines) is 1. The minimum absolute atomic E-state index is 0.316. The molecule has 3 atom stereocenters. The first-order chi connectivity index (χ1) is 8.58. The van der Waals surface area contributed by atoms with E-state index in [-0.39, 0.29) is 0 Å². The van der Waals surface area contributed by atoms with Crippen LogP contribution >= 0.6 is 0 Å². The van der Waals surface area contributed by atoms with Gasteiger partial charge in [-0.15, -0.1) is 0 Å². The van der Waals surface area contributed by atoms with Crippen LogP contribution in [0.15, 0.2) is 0 Å². The third-order valence-electron chi connectivity index (χ3n) is 4.71. The molecule has 18 heavy (non-hydrogen) atoms. The van der Waals surface area contributed by atoms with Crippen molar-refractivity contribution in [2.24, 2.45) is 0 Å². The van der Waals surface area contributed by atoms with Crippen LogP contribution in [0.5, 0.6) is 0 Å². The molecule has 2 fully saturated rings. The van der Waals surface area contributed by atoms with Crippen LogP contribution in [0.2, 0.25) is 0 Å². The molecule has 3 unspecified atom stereocenters. The lowest BCUT2D eigenvalue weighted by atomic mass is 9.97. The molecular weight excluding hydrogens is 226 g/mol.